The average molecular weight is 335 g/mol. The molecule has 0 fully saturated rings. The van der Waals surface area contributed by atoms with Gasteiger partial charge in [-0.05, 0) is 17.7 Å². The number of aliphatic hydroxyl groups is 1. The SMILES string of the molecule is O=C(N=Nc1c(O)[nH]c2ccccc12)/C(=C/c1ccccc1)CCO. The molecule has 126 valence electrons. The topological polar surface area (TPSA) is 98.0 Å². The van der Waals surface area contributed by atoms with Crippen LogP contribution in [0, 0.1) is 0 Å². The fourth-order valence-corrected chi connectivity index (χ4v) is 2.49. The Balaban J connectivity index is 1.89. The number of fused-ring (bicyclic) bond motifs is 1. The third kappa shape index (κ3) is 3.81. The van der Waals surface area contributed by atoms with Crippen molar-refractivity contribution < 1.29 is 15.0 Å². The summed E-state index contributed by atoms with van der Waals surface area (Å²) in [7, 11) is 0. The molecule has 3 N–H and O–H groups in total. The second-order valence-electron chi connectivity index (χ2n) is 5.43. The zero-order chi connectivity index (χ0) is 17.6. The number of nitrogens with one attached hydrogen (secondary N) is 1. The van der Waals surface area contributed by atoms with Crippen LogP contribution < -0.4 is 0 Å². The normalized spacial score (nSPS) is 12.1. The van der Waals surface area contributed by atoms with E-state index in [2.05, 4.69) is 15.2 Å². The van der Waals surface area contributed by atoms with Gasteiger partial charge in [0, 0.05) is 24.0 Å². The van der Waals surface area contributed by atoms with E-state index in [1.165, 1.54) is 0 Å². The van der Waals surface area contributed by atoms with Gasteiger partial charge in [-0.1, -0.05) is 48.5 Å². The summed E-state index contributed by atoms with van der Waals surface area (Å²) in [4.78, 5) is 15.1. The molecule has 0 bridgehead atoms. The number of amides is 1. The summed E-state index contributed by atoms with van der Waals surface area (Å²) in [6, 6.07) is 16.5. The van der Waals surface area contributed by atoms with E-state index in [-0.39, 0.29) is 24.6 Å². The van der Waals surface area contributed by atoms with Gasteiger partial charge in [0.15, 0.2) is 5.69 Å². The van der Waals surface area contributed by atoms with Crippen molar-refractivity contribution in [2.24, 2.45) is 10.2 Å². The van der Waals surface area contributed by atoms with E-state index in [0.717, 1.165) is 5.56 Å². The van der Waals surface area contributed by atoms with Gasteiger partial charge in [-0.15, -0.1) is 10.2 Å². The Kier molecular flexibility index (Phi) is 5.01. The highest BCUT2D eigenvalue weighted by molar-refractivity contribution is 5.99. The van der Waals surface area contributed by atoms with Gasteiger partial charge in [0.2, 0.25) is 5.88 Å². The molecule has 2 aromatic carbocycles. The van der Waals surface area contributed by atoms with Crippen molar-refractivity contribution in [1.29, 1.82) is 0 Å². The number of carbonyl (C=O) groups excluding carboxylic acids is 1. The Morgan fingerprint density at radius 2 is 1.80 bits per heavy atom. The van der Waals surface area contributed by atoms with Crippen LogP contribution in [-0.4, -0.2) is 27.7 Å². The molecule has 3 aromatic rings. The Bertz CT molecular complexity index is 943. The van der Waals surface area contributed by atoms with Crippen LogP contribution in [0.1, 0.15) is 12.0 Å². The van der Waals surface area contributed by atoms with Crippen molar-refractivity contribution >= 4 is 28.6 Å². The van der Waals surface area contributed by atoms with Gasteiger partial charge in [0.05, 0.1) is 5.52 Å². The molecule has 6 nitrogen and oxygen atoms in total. The number of aromatic amines is 1. The monoisotopic (exact) mass is 335 g/mol. The number of H-pyrrole nitrogens is 1. The lowest BCUT2D eigenvalue weighted by Gasteiger charge is -2.01. The van der Waals surface area contributed by atoms with Crippen molar-refractivity contribution in [3.63, 3.8) is 0 Å². The molecule has 0 aliphatic carbocycles. The molecule has 25 heavy (non-hydrogen) atoms. The van der Waals surface area contributed by atoms with E-state index < -0.39 is 5.91 Å². The van der Waals surface area contributed by atoms with Crippen molar-refractivity contribution in [2.45, 2.75) is 6.42 Å². The number of aromatic hydroxyl groups is 1. The van der Waals surface area contributed by atoms with Crippen molar-refractivity contribution in [2.75, 3.05) is 6.61 Å². The molecule has 0 aliphatic rings. The van der Waals surface area contributed by atoms with Crippen LogP contribution in [0.15, 0.2) is 70.4 Å². The largest absolute Gasteiger partial charge is 0.493 e. The van der Waals surface area contributed by atoms with Gasteiger partial charge >= 0.3 is 0 Å². The maximum atomic E-state index is 12.3. The van der Waals surface area contributed by atoms with E-state index in [0.29, 0.717) is 16.5 Å². The number of benzene rings is 2. The Hall–Kier alpha value is -3.25. The van der Waals surface area contributed by atoms with Crippen molar-refractivity contribution in [1.82, 2.24) is 4.98 Å². The molecule has 0 aliphatic heterocycles. The Labute approximate surface area is 144 Å². The maximum absolute atomic E-state index is 12.3. The van der Waals surface area contributed by atoms with Crippen LogP contribution >= 0.6 is 0 Å². The van der Waals surface area contributed by atoms with Crippen molar-refractivity contribution in [3.8, 4) is 5.88 Å². The summed E-state index contributed by atoms with van der Waals surface area (Å²) in [6.45, 7) is -0.168. The third-order valence-corrected chi connectivity index (χ3v) is 3.70. The maximum Gasteiger partial charge on any atom is 0.291 e. The van der Waals surface area contributed by atoms with E-state index >= 15 is 0 Å². The smallest absolute Gasteiger partial charge is 0.291 e. The number of carbonyl (C=O) groups is 1. The van der Waals surface area contributed by atoms with Crippen LogP contribution in [0.5, 0.6) is 5.88 Å². The lowest BCUT2D eigenvalue weighted by atomic mass is 10.1. The third-order valence-electron chi connectivity index (χ3n) is 3.70. The first kappa shape index (κ1) is 16.6. The standard InChI is InChI=1S/C19H17N3O3/c23-11-10-14(12-13-6-2-1-3-7-13)18(24)22-21-17-15-8-4-5-9-16(15)20-19(17)25/h1-9,12,20,23,25H,10-11H2/b14-12+,22-21?. The van der Waals surface area contributed by atoms with Crippen LogP contribution in [0.2, 0.25) is 0 Å². The van der Waals surface area contributed by atoms with Crippen LogP contribution in [0.4, 0.5) is 5.69 Å². The summed E-state index contributed by atoms with van der Waals surface area (Å²) in [6.07, 6.45) is 1.85. The van der Waals surface area contributed by atoms with Crippen LogP contribution in [-0.2, 0) is 4.79 Å². The molecule has 0 saturated heterocycles. The van der Waals surface area contributed by atoms with Crippen molar-refractivity contribution in [3.05, 3.63) is 65.7 Å². The zero-order valence-electron chi connectivity index (χ0n) is 13.4. The second kappa shape index (κ2) is 7.55. The molecule has 1 aromatic heterocycles. The van der Waals surface area contributed by atoms with Gasteiger partial charge in [-0.2, -0.15) is 0 Å². The van der Waals surface area contributed by atoms with Gasteiger partial charge in [-0.25, -0.2) is 0 Å². The minimum atomic E-state index is -0.553. The molecule has 0 saturated carbocycles. The first-order valence-electron chi connectivity index (χ1n) is 7.81. The number of para-hydroxylation sites is 1. The fraction of sp³-hybridized carbons (Fsp3) is 0.105. The fourth-order valence-electron chi connectivity index (χ4n) is 2.49. The Morgan fingerprint density at radius 1 is 1.08 bits per heavy atom. The number of nitrogens with zero attached hydrogens (tertiary/aromatic N) is 2. The number of azo groups is 1. The minimum Gasteiger partial charge on any atom is -0.493 e. The second-order valence-corrected chi connectivity index (χ2v) is 5.43. The lowest BCUT2D eigenvalue weighted by Crippen LogP contribution is -2.00. The zero-order valence-corrected chi connectivity index (χ0v) is 13.4. The highest BCUT2D eigenvalue weighted by Crippen LogP contribution is 2.35. The average Bonchev–Trinajstić information content (AvgIpc) is 2.95. The number of hydrogen-bond acceptors (Lipinski definition) is 4. The molecule has 0 unspecified atom stereocenters. The van der Waals surface area contributed by atoms with E-state index in [1.54, 1.807) is 18.2 Å². The van der Waals surface area contributed by atoms with Crippen LogP contribution in [0.3, 0.4) is 0 Å². The first-order chi connectivity index (χ1) is 12.2. The summed E-state index contributed by atoms with van der Waals surface area (Å²) in [5, 5.41) is 27.4. The van der Waals surface area contributed by atoms with Gasteiger partial charge in [0.25, 0.3) is 5.91 Å². The predicted octanol–water partition coefficient (Wildman–Crippen LogP) is 3.95. The number of hydrogen-bond donors (Lipinski definition) is 3. The Morgan fingerprint density at radius 3 is 2.56 bits per heavy atom. The number of aliphatic hydroxyl groups excluding tert-OH is 1. The minimum absolute atomic E-state index is 0.145. The highest BCUT2D eigenvalue weighted by atomic mass is 16.3. The summed E-state index contributed by atoms with van der Waals surface area (Å²) in [5.74, 6) is -0.698. The quantitative estimate of drug-likeness (QED) is 0.486. The summed E-state index contributed by atoms with van der Waals surface area (Å²) in [5.41, 5.74) is 2.10. The molecule has 1 amide bonds. The molecular formula is C19H17N3O3. The summed E-state index contributed by atoms with van der Waals surface area (Å²) >= 11 is 0. The van der Waals surface area contributed by atoms with E-state index in [9.17, 15) is 15.0 Å². The molecule has 3 rings (SSSR count). The molecule has 0 radical (unpaired) electrons. The molecule has 1 heterocycles. The van der Waals surface area contributed by atoms with E-state index in [1.807, 2.05) is 42.5 Å². The molecule has 0 spiro atoms. The molecule has 0 atom stereocenters. The highest BCUT2D eigenvalue weighted by Gasteiger charge is 2.12. The van der Waals surface area contributed by atoms with Crippen LogP contribution in [0.25, 0.3) is 17.0 Å². The van der Waals surface area contributed by atoms with E-state index in [4.69, 9.17) is 0 Å². The lowest BCUT2D eigenvalue weighted by molar-refractivity contribution is -0.115. The summed E-state index contributed by atoms with van der Waals surface area (Å²) < 4.78 is 0. The predicted molar refractivity (Wildman–Crippen MR) is 95.6 cm³/mol. The van der Waals surface area contributed by atoms with Gasteiger partial charge in [0.1, 0.15) is 0 Å². The number of aromatic nitrogens is 1. The van der Waals surface area contributed by atoms with Gasteiger partial charge in [-0.3, -0.25) is 4.79 Å². The number of rotatable bonds is 5. The van der Waals surface area contributed by atoms with Gasteiger partial charge < -0.3 is 15.2 Å². The molecular weight excluding hydrogens is 318 g/mol. The first-order valence-corrected chi connectivity index (χ1v) is 7.81. The molecule has 6 heteroatoms.